The van der Waals surface area contributed by atoms with Gasteiger partial charge in [-0.1, -0.05) is 13.8 Å². The number of hydrogen-bond acceptors (Lipinski definition) is 3. The largest absolute Gasteiger partial charge is 0.391 e. The molecule has 2 amide bonds. The highest BCUT2D eigenvalue weighted by Gasteiger charge is 2.45. The molecular weight excluding hydrogens is 208 g/mol. The standard InChI is InChI=1S/C11H18N2O3/c1-6(2)3-8-11(16)13-5-7(14)4-9(13)10(15)12-8/h6-9,14H,3-5H2,1-2H3,(H,12,15)/t7-,8+,9-/m1/s1. The van der Waals surface area contributed by atoms with Gasteiger partial charge >= 0.3 is 0 Å². The maximum atomic E-state index is 12.0. The van der Waals surface area contributed by atoms with Crippen molar-refractivity contribution in [1.82, 2.24) is 10.2 Å². The minimum atomic E-state index is -0.558. The molecule has 90 valence electrons. The molecule has 0 aromatic rings. The molecule has 16 heavy (non-hydrogen) atoms. The van der Waals surface area contributed by atoms with Gasteiger partial charge in [-0.05, 0) is 12.3 Å². The summed E-state index contributed by atoms with van der Waals surface area (Å²) in [5.74, 6) is 0.190. The van der Waals surface area contributed by atoms with Crippen molar-refractivity contribution in [2.24, 2.45) is 5.92 Å². The Morgan fingerprint density at radius 2 is 2.19 bits per heavy atom. The van der Waals surface area contributed by atoms with E-state index >= 15 is 0 Å². The summed E-state index contributed by atoms with van der Waals surface area (Å²) in [6.07, 6.45) is 0.466. The normalized spacial score (nSPS) is 34.2. The Morgan fingerprint density at radius 3 is 2.81 bits per heavy atom. The zero-order valence-corrected chi connectivity index (χ0v) is 9.64. The van der Waals surface area contributed by atoms with E-state index in [4.69, 9.17) is 0 Å². The van der Waals surface area contributed by atoms with Crippen LogP contribution in [0.3, 0.4) is 0 Å². The van der Waals surface area contributed by atoms with Crippen molar-refractivity contribution < 1.29 is 14.7 Å². The van der Waals surface area contributed by atoms with Crippen molar-refractivity contribution in [1.29, 1.82) is 0 Å². The van der Waals surface area contributed by atoms with E-state index in [2.05, 4.69) is 5.32 Å². The van der Waals surface area contributed by atoms with E-state index in [0.717, 1.165) is 0 Å². The molecule has 2 N–H and O–H groups in total. The number of nitrogens with zero attached hydrogens (tertiary/aromatic N) is 1. The Kier molecular flexibility index (Phi) is 2.88. The van der Waals surface area contributed by atoms with Gasteiger partial charge < -0.3 is 15.3 Å². The minimum Gasteiger partial charge on any atom is -0.391 e. The van der Waals surface area contributed by atoms with Crippen molar-refractivity contribution >= 4 is 11.8 Å². The van der Waals surface area contributed by atoms with Crippen LogP contribution in [0.1, 0.15) is 26.7 Å². The molecule has 2 aliphatic heterocycles. The van der Waals surface area contributed by atoms with Gasteiger partial charge in [-0.3, -0.25) is 9.59 Å². The Hall–Kier alpha value is -1.10. The first-order valence-corrected chi connectivity index (χ1v) is 5.78. The van der Waals surface area contributed by atoms with Crippen LogP contribution in [0, 0.1) is 5.92 Å². The number of aliphatic hydroxyl groups excluding tert-OH is 1. The van der Waals surface area contributed by atoms with Crippen LogP contribution in [0.4, 0.5) is 0 Å². The van der Waals surface area contributed by atoms with Crippen LogP contribution >= 0.6 is 0 Å². The molecular formula is C11H18N2O3. The zero-order chi connectivity index (χ0) is 11.9. The number of rotatable bonds is 2. The van der Waals surface area contributed by atoms with Gasteiger partial charge in [0.05, 0.1) is 6.10 Å². The van der Waals surface area contributed by atoms with Crippen molar-refractivity contribution in [3.63, 3.8) is 0 Å². The fourth-order valence-corrected chi connectivity index (χ4v) is 2.47. The highest BCUT2D eigenvalue weighted by Crippen LogP contribution is 2.24. The van der Waals surface area contributed by atoms with E-state index in [1.54, 1.807) is 0 Å². The SMILES string of the molecule is CC(C)C[C@@H]1NC(=O)[C@H]2C[C@@H](O)CN2C1=O. The Labute approximate surface area is 94.8 Å². The molecule has 2 aliphatic rings. The average Bonchev–Trinajstić information content (AvgIpc) is 2.56. The van der Waals surface area contributed by atoms with E-state index in [1.807, 2.05) is 13.8 Å². The molecule has 2 fully saturated rings. The summed E-state index contributed by atoms with van der Waals surface area (Å²) in [6.45, 7) is 4.33. The molecule has 0 bridgehead atoms. The number of fused-ring (bicyclic) bond motifs is 1. The van der Waals surface area contributed by atoms with Gasteiger partial charge in [0.25, 0.3) is 0 Å². The second kappa shape index (κ2) is 4.05. The second-order valence-electron chi connectivity index (χ2n) is 5.09. The summed E-state index contributed by atoms with van der Waals surface area (Å²) >= 11 is 0. The maximum absolute atomic E-state index is 12.0. The first-order chi connectivity index (χ1) is 7.49. The topological polar surface area (TPSA) is 69.6 Å². The van der Waals surface area contributed by atoms with Crippen molar-refractivity contribution in [3.8, 4) is 0 Å². The van der Waals surface area contributed by atoms with Crippen LogP contribution in [-0.2, 0) is 9.59 Å². The van der Waals surface area contributed by atoms with Crippen LogP contribution in [0.15, 0.2) is 0 Å². The molecule has 0 saturated carbocycles. The van der Waals surface area contributed by atoms with Gasteiger partial charge in [-0.25, -0.2) is 0 Å². The number of carbonyl (C=O) groups excluding carboxylic acids is 2. The average molecular weight is 226 g/mol. The summed E-state index contributed by atoms with van der Waals surface area (Å²) < 4.78 is 0. The zero-order valence-electron chi connectivity index (χ0n) is 9.64. The molecule has 5 nitrogen and oxygen atoms in total. The van der Waals surface area contributed by atoms with Crippen LogP contribution in [0.25, 0.3) is 0 Å². The van der Waals surface area contributed by atoms with Crippen molar-refractivity contribution in [2.75, 3.05) is 6.54 Å². The monoisotopic (exact) mass is 226 g/mol. The highest BCUT2D eigenvalue weighted by atomic mass is 16.3. The molecule has 5 heteroatoms. The molecule has 0 unspecified atom stereocenters. The molecule has 0 radical (unpaired) electrons. The second-order valence-corrected chi connectivity index (χ2v) is 5.09. The number of amides is 2. The van der Waals surface area contributed by atoms with Crippen molar-refractivity contribution in [3.05, 3.63) is 0 Å². The number of aliphatic hydroxyl groups is 1. The Balaban J connectivity index is 2.12. The van der Waals surface area contributed by atoms with E-state index in [0.29, 0.717) is 25.3 Å². The van der Waals surface area contributed by atoms with Crippen LogP contribution in [0.2, 0.25) is 0 Å². The first kappa shape index (κ1) is 11.4. The lowest BCUT2D eigenvalue weighted by Gasteiger charge is -2.35. The fourth-order valence-electron chi connectivity index (χ4n) is 2.47. The van der Waals surface area contributed by atoms with E-state index in [1.165, 1.54) is 4.90 Å². The smallest absolute Gasteiger partial charge is 0.245 e. The van der Waals surface area contributed by atoms with E-state index in [9.17, 15) is 14.7 Å². The fraction of sp³-hybridized carbons (Fsp3) is 0.818. The molecule has 3 atom stereocenters. The summed E-state index contributed by atoms with van der Waals surface area (Å²) in [5, 5.41) is 12.2. The summed E-state index contributed by atoms with van der Waals surface area (Å²) in [5.41, 5.74) is 0. The van der Waals surface area contributed by atoms with Gasteiger partial charge in [0.15, 0.2) is 0 Å². The van der Waals surface area contributed by atoms with Gasteiger partial charge in [-0.2, -0.15) is 0 Å². The quantitative estimate of drug-likeness (QED) is 0.666. The predicted molar refractivity (Wildman–Crippen MR) is 57.5 cm³/mol. The van der Waals surface area contributed by atoms with Crippen molar-refractivity contribution in [2.45, 2.75) is 44.9 Å². The molecule has 2 rings (SSSR count). The lowest BCUT2D eigenvalue weighted by Crippen LogP contribution is -2.61. The molecule has 0 spiro atoms. The third kappa shape index (κ3) is 1.91. The maximum Gasteiger partial charge on any atom is 0.245 e. The Morgan fingerprint density at radius 1 is 1.50 bits per heavy atom. The summed E-state index contributed by atoms with van der Waals surface area (Å²) in [7, 11) is 0. The third-order valence-corrected chi connectivity index (χ3v) is 3.19. The van der Waals surface area contributed by atoms with E-state index in [-0.39, 0.29) is 11.8 Å². The minimum absolute atomic E-state index is 0.0464. The predicted octanol–water partition coefficient (Wildman–Crippen LogP) is -0.507. The van der Waals surface area contributed by atoms with Gasteiger partial charge in [0.2, 0.25) is 11.8 Å². The molecule has 2 heterocycles. The summed E-state index contributed by atoms with van der Waals surface area (Å²) in [4.78, 5) is 25.3. The number of nitrogens with one attached hydrogen (secondary N) is 1. The van der Waals surface area contributed by atoms with Crippen LogP contribution in [-0.4, -0.2) is 46.6 Å². The number of hydrogen-bond donors (Lipinski definition) is 2. The van der Waals surface area contributed by atoms with Gasteiger partial charge in [0, 0.05) is 13.0 Å². The number of piperazine rings is 1. The molecule has 2 saturated heterocycles. The van der Waals surface area contributed by atoms with Crippen LogP contribution in [0.5, 0.6) is 0 Å². The first-order valence-electron chi connectivity index (χ1n) is 5.78. The lowest BCUT2D eigenvalue weighted by atomic mass is 9.99. The Bertz CT molecular complexity index is 316. The van der Waals surface area contributed by atoms with Gasteiger partial charge in [0.1, 0.15) is 12.1 Å². The molecule has 0 aromatic carbocycles. The lowest BCUT2D eigenvalue weighted by molar-refractivity contribution is -0.147. The van der Waals surface area contributed by atoms with Gasteiger partial charge in [-0.15, -0.1) is 0 Å². The molecule has 0 aliphatic carbocycles. The van der Waals surface area contributed by atoms with E-state index < -0.39 is 18.2 Å². The summed E-state index contributed by atoms with van der Waals surface area (Å²) in [6, 6.07) is -0.861. The third-order valence-electron chi connectivity index (χ3n) is 3.19. The van der Waals surface area contributed by atoms with Crippen LogP contribution < -0.4 is 5.32 Å². The molecule has 0 aromatic heterocycles. The highest BCUT2D eigenvalue weighted by molar-refractivity contribution is 5.97. The number of carbonyl (C=O) groups is 2.